The molecule has 1 aliphatic rings. The standard InChI is InChI=1S/C11H13Cl2N3O/c12-7-2-8(13)11(9(15)3-7)16-5-6(4-14)1-10(16)17/h2-3,6H,1,4-5,14-15H2. The van der Waals surface area contributed by atoms with Gasteiger partial charge in [-0.25, -0.2) is 0 Å². The number of nitrogens with zero attached hydrogens (tertiary/aromatic N) is 1. The highest BCUT2D eigenvalue weighted by atomic mass is 35.5. The summed E-state index contributed by atoms with van der Waals surface area (Å²) in [6.45, 7) is 1.04. The van der Waals surface area contributed by atoms with Crippen molar-refractivity contribution in [2.45, 2.75) is 6.42 Å². The highest BCUT2D eigenvalue weighted by Gasteiger charge is 2.32. The van der Waals surface area contributed by atoms with Gasteiger partial charge in [0.1, 0.15) is 0 Å². The van der Waals surface area contributed by atoms with Crippen molar-refractivity contribution < 1.29 is 4.79 Å². The highest BCUT2D eigenvalue weighted by Crippen LogP contribution is 2.38. The fraction of sp³-hybridized carbons (Fsp3) is 0.364. The number of carbonyl (C=O) groups is 1. The first-order chi connectivity index (χ1) is 8.02. The molecule has 0 radical (unpaired) electrons. The Bertz CT molecular complexity index is 441. The second-order valence-corrected chi connectivity index (χ2v) is 4.98. The molecule has 1 unspecified atom stereocenters. The molecule has 1 aromatic rings. The summed E-state index contributed by atoms with van der Waals surface area (Å²) in [5.41, 5.74) is 12.4. The van der Waals surface area contributed by atoms with Crippen LogP contribution in [0, 0.1) is 5.92 Å². The van der Waals surface area contributed by atoms with Crippen molar-refractivity contribution in [3.63, 3.8) is 0 Å². The number of rotatable bonds is 2. The van der Waals surface area contributed by atoms with E-state index < -0.39 is 0 Å². The van der Waals surface area contributed by atoms with Gasteiger partial charge in [-0.3, -0.25) is 4.79 Å². The molecule has 4 nitrogen and oxygen atoms in total. The first-order valence-corrected chi connectivity index (χ1v) is 6.03. The molecule has 1 atom stereocenters. The zero-order chi connectivity index (χ0) is 12.6. The zero-order valence-electron chi connectivity index (χ0n) is 9.12. The molecule has 0 saturated carbocycles. The molecular weight excluding hydrogens is 261 g/mol. The first-order valence-electron chi connectivity index (χ1n) is 5.28. The van der Waals surface area contributed by atoms with Crippen LogP contribution in [0.5, 0.6) is 0 Å². The van der Waals surface area contributed by atoms with Crippen molar-refractivity contribution in [3.05, 3.63) is 22.2 Å². The van der Waals surface area contributed by atoms with Gasteiger partial charge in [0, 0.05) is 18.0 Å². The molecule has 1 amide bonds. The average Bonchev–Trinajstić information content (AvgIpc) is 2.59. The van der Waals surface area contributed by atoms with Crippen LogP contribution in [-0.4, -0.2) is 19.0 Å². The predicted molar refractivity (Wildman–Crippen MR) is 70.4 cm³/mol. The van der Waals surface area contributed by atoms with Crippen molar-refractivity contribution in [2.75, 3.05) is 23.7 Å². The summed E-state index contributed by atoms with van der Waals surface area (Å²) < 4.78 is 0. The number of anilines is 2. The van der Waals surface area contributed by atoms with Crippen molar-refractivity contribution in [3.8, 4) is 0 Å². The van der Waals surface area contributed by atoms with Crippen LogP contribution in [0.2, 0.25) is 10.0 Å². The van der Waals surface area contributed by atoms with Crippen LogP contribution in [0.1, 0.15) is 6.42 Å². The largest absolute Gasteiger partial charge is 0.397 e. The van der Waals surface area contributed by atoms with E-state index in [1.807, 2.05) is 0 Å². The van der Waals surface area contributed by atoms with Gasteiger partial charge in [0.05, 0.1) is 16.4 Å². The minimum absolute atomic E-state index is 0.00336. The summed E-state index contributed by atoms with van der Waals surface area (Å²) in [5, 5.41) is 0.847. The molecule has 1 fully saturated rings. The van der Waals surface area contributed by atoms with E-state index in [2.05, 4.69) is 0 Å². The van der Waals surface area contributed by atoms with Crippen molar-refractivity contribution >= 4 is 40.5 Å². The number of carbonyl (C=O) groups excluding carboxylic acids is 1. The van der Waals surface area contributed by atoms with E-state index in [1.165, 1.54) is 0 Å². The van der Waals surface area contributed by atoms with E-state index in [4.69, 9.17) is 34.7 Å². The van der Waals surface area contributed by atoms with Gasteiger partial charge in [-0.15, -0.1) is 0 Å². The maximum Gasteiger partial charge on any atom is 0.227 e. The van der Waals surface area contributed by atoms with Crippen LogP contribution in [0.15, 0.2) is 12.1 Å². The molecule has 6 heteroatoms. The molecule has 1 aromatic carbocycles. The summed E-state index contributed by atoms with van der Waals surface area (Å²) in [4.78, 5) is 13.4. The molecule has 0 bridgehead atoms. The number of nitrogens with two attached hydrogens (primary N) is 2. The van der Waals surface area contributed by atoms with Crippen LogP contribution >= 0.6 is 23.2 Å². The maximum absolute atomic E-state index is 11.9. The molecule has 0 aliphatic carbocycles. The molecule has 1 heterocycles. The van der Waals surface area contributed by atoms with E-state index in [0.29, 0.717) is 40.9 Å². The molecule has 0 aromatic heterocycles. The van der Waals surface area contributed by atoms with E-state index in [9.17, 15) is 4.79 Å². The Hall–Kier alpha value is -0.970. The Labute approximate surface area is 109 Å². The molecule has 1 saturated heterocycles. The van der Waals surface area contributed by atoms with Crippen LogP contribution in [-0.2, 0) is 4.79 Å². The Morgan fingerprint density at radius 3 is 2.65 bits per heavy atom. The third-order valence-electron chi connectivity index (χ3n) is 2.87. The van der Waals surface area contributed by atoms with Crippen molar-refractivity contribution in [1.82, 2.24) is 0 Å². The van der Waals surface area contributed by atoms with Gasteiger partial charge in [-0.05, 0) is 24.6 Å². The lowest BCUT2D eigenvalue weighted by molar-refractivity contribution is -0.117. The smallest absolute Gasteiger partial charge is 0.227 e. The second kappa shape index (κ2) is 4.72. The van der Waals surface area contributed by atoms with Gasteiger partial charge in [0.25, 0.3) is 0 Å². The third kappa shape index (κ3) is 2.34. The minimum Gasteiger partial charge on any atom is -0.397 e. The monoisotopic (exact) mass is 273 g/mol. The summed E-state index contributed by atoms with van der Waals surface area (Å²) in [7, 11) is 0. The van der Waals surface area contributed by atoms with Gasteiger partial charge < -0.3 is 16.4 Å². The van der Waals surface area contributed by atoms with Crippen LogP contribution in [0.4, 0.5) is 11.4 Å². The minimum atomic E-state index is -0.00336. The van der Waals surface area contributed by atoms with Gasteiger partial charge in [0.2, 0.25) is 5.91 Å². The lowest BCUT2D eigenvalue weighted by Gasteiger charge is -2.20. The molecule has 1 aliphatic heterocycles. The number of nitrogen functional groups attached to an aromatic ring is 1. The van der Waals surface area contributed by atoms with Crippen LogP contribution < -0.4 is 16.4 Å². The zero-order valence-corrected chi connectivity index (χ0v) is 10.6. The SMILES string of the molecule is NCC1CC(=O)N(c2c(N)cc(Cl)cc2Cl)C1. The molecule has 92 valence electrons. The molecule has 17 heavy (non-hydrogen) atoms. The molecule has 0 spiro atoms. The van der Waals surface area contributed by atoms with Gasteiger partial charge in [-0.2, -0.15) is 0 Å². The quantitative estimate of drug-likeness (QED) is 0.809. The predicted octanol–water partition coefficient (Wildman–Crippen LogP) is 1.89. The highest BCUT2D eigenvalue weighted by molar-refractivity contribution is 6.37. The summed E-state index contributed by atoms with van der Waals surface area (Å²) >= 11 is 11.9. The topological polar surface area (TPSA) is 72.4 Å². The average molecular weight is 274 g/mol. The summed E-state index contributed by atoms with van der Waals surface area (Å²) in [5.74, 6) is 0.157. The summed E-state index contributed by atoms with van der Waals surface area (Å²) in [6, 6.07) is 3.17. The van der Waals surface area contributed by atoms with E-state index in [-0.39, 0.29) is 11.8 Å². The molecule has 4 N–H and O–H groups in total. The van der Waals surface area contributed by atoms with E-state index in [0.717, 1.165) is 0 Å². The Balaban J connectivity index is 2.38. The maximum atomic E-state index is 11.9. The first kappa shape index (κ1) is 12.5. The number of benzene rings is 1. The van der Waals surface area contributed by atoms with Crippen LogP contribution in [0.25, 0.3) is 0 Å². The van der Waals surface area contributed by atoms with Gasteiger partial charge >= 0.3 is 0 Å². The third-order valence-corrected chi connectivity index (χ3v) is 3.37. The Kier molecular flexibility index (Phi) is 3.47. The number of hydrogen-bond donors (Lipinski definition) is 2. The van der Waals surface area contributed by atoms with Crippen molar-refractivity contribution in [2.24, 2.45) is 11.7 Å². The second-order valence-electron chi connectivity index (χ2n) is 4.14. The Morgan fingerprint density at radius 1 is 1.41 bits per heavy atom. The summed E-state index contributed by atoms with van der Waals surface area (Å²) in [6.07, 6.45) is 0.439. The molecular formula is C11H13Cl2N3O. The lowest BCUT2D eigenvalue weighted by atomic mass is 10.1. The molecule has 2 rings (SSSR count). The number of halogens is 2. The number of amides is 1. The Morgan fingerprint density at radius 2 is 2.12 bits per heavy atom. The van der Waals surface area contributed by atoms with Crippen molar-refractivity contribution in [1.29, 1.82) is 0 Å². The van der Waals surface area contributed by atoms with E-state index >= 15 is 0 Å². The fourth-order valence-corrected chi connectivity index (χ4v) is 2.64. The van der Waals surface area contributed by atoms with Gasteiger partial charge in [0.15, 0.2) is 0 Å². The van der Waals surface area contributed by atoms with Crippen LogP contribution in [0.3, 0.4) is 0 Å². The van der Waals surface area contributed by atoms with Gasteiger partial charge in [-0.1, -0.05) is 23.2 Å². The fourth-order valence-electron chi connectivity index (χ4n) is 2.03. The lowest BCUT2D eigenvalue weighted by Crippen LogP contribution is -2.26. The normalized spacial score (nSPS) is 20.1. The number of hydrogen-bond acceptors (Lipinski definition) is 3. The van der Waals surface area contributed by atoms with E-state index in [1.54, 1.807) is 17.0 Å².